The summed E-state index contributed by atoms with van der Waals surface area (Å²) in [5.74, 6) is -0.334. The lowest BCUT2D eigenvalue weighted by atomic mass is 10.2. The molecule has 4 nitrogen and oxygen atoms in total. The van der Waals surface area contributed by atoms with Crippen LogP contribution in [0.15, 0.2) is 22.9 Å². The second kappa shape index (κ2) is 4.02. The molecule has 5 heteroatoms. The van der Waals surface area contributed by atoms with Crippen molar-refractivity contribution in [3.63, 3.8) is 0 Å². The fraction of sp³-hybridized carbons (Fsp3) is 0.200. The quantitative estimate of drug-likeness (QED) is 0.852. The lowest BCUT2D eigenvalue weighted by Gasteiger charge is -2.03. The minimum atomic E-state index is -0.334. The third-order valence-electron chi connectivity index (χ3n) is 2.03. The van der Waals surface area contributed by atoms with Crippen molar-refractivity contribution in [1.29, 1.82) is 0 Å². The number of halogens is 1. The number of aromatic amines is 1. The van der Waals surface area contributed by atoms with Gasteiger partial charge in [-0.2, -0.15) is 0 Å². The van der Waals surface area contributed by atoms with Gasteiger partial charge in [0.1, 0.15) is 5.52 Å². The van der Waals surface area contributed by atoms with Crippen LogP contribution in [0.25, 0.3) is 11.0 Å². The number of H-pyrrole nitrogens is 1. The van der Waals surface area contributed by atoms with Gasteiger partial charge in [0.2, 0.25) is 0 Å². The van der Waals surface area contributed by atoms with Crippen LogP contribution in [-0.2, 0) is 4.74 Å². The molecule has 15 heavy (non-hydrogen) atoms. The molecule has 78 valence electrons. The van der Waals surface area contributed by atoms with E-state index in [0.29, 0.717) is 17.7 Å². The van der Waals surface area contributed by atoms with E-state index in [0.717, 1.165) is 9.99 Å². The molecule has 0 aliphatic heterocycles. The smallest absolute Gasteiger partial charge is 0.340 e. The zero-order valence-corrected chi connectivity index (χ0v) is 9.67. The highest BCUT2D eigenvalue weighted by molar-refractivity contribution is 9.10. The molecule has 0 fully saturated rings. The zero-order chi connectivity index (χ0) is 10.8. The summed E-state index contributed by atoms with van der Waals surface area (Å²) in [4.78, 5) is 18.6. The molecule has 0 radical (unpaired) electrons. The van der Waals surface area contributed by atoms with Gasteiger partial charge in [0, 0.05) is 4.47 Å². The van der Waals surface area contributed by atoms with Crippen LogP contribution < -0.4 is 0 Å². The Kier molecular flexibility index (Phi) is 2.73. The maximum atomic E-state index is 11.6. The molecule has 0 bridgehead atoms. The third-order valence-corrected chi connectivity index (χ3v) is 2.67. The molecule has 2 aromatic rings. The van der Waals surface area contributed by atoms with Crippen molar-refractivity contribution in [2.45, 2.75) is 6.92 Å². The number of rotatable bonds is 2. The van der Waals surface area contributed by atoms with Gasteiger partial charge in [-0.15, -0.1) is 0 Å². The first kappa shape index (κ1) is 10.2. The summed E-state index contributed by atoms with van der Waals surface area (Å²) in [7, 11) is 0. The predicted molar refractivity (Wildman–Crippen MR) is 59.8 cm³/mol. The van der Waals surface area contributed by atoms with Crippen molar-refractivity contribution in [2.24, 2.45) is 0 Å². The molecule has 0 atom stereocenters. The maximum Gasteiger partial charge on any atom is 0.340 e. The van der Waals surface area contributed by atoms with Crippen molar-refractivity contribution < 1.29 is 9.53 Å². The molecule has 0 saturated heterocycles. The molecular formula is C10H9BrN2O2. The van der Waals surface area contributed by atoms with Gasteiger partial charge >= 0.3 is 5.97 Å². The van der Waals surface area contributed by atoms with Gasteiger partial charge in [-0.1, -0.05) is 0 Å². The van der Waals surface area contributed by atoms with Crippen LogP contribution >= 0.6 is 15.9 Å². The molecule has 0 spiro atoms. The van der Waals surface area contributed by atoms with E-state index in [4.69, 9.17) is 4.74 Å². The Morgan fingerprint density at radius 1 is 1.60 bits per heavy atom. The standard InChI is InChI=1S/C10H9BrN2O2/c1-2-15-10(14)6-3-4-7(11)9-8(6)12-5-13-9/h3-5H,2H2,1H3,(H,12,13). The van der Waals surface area contributed by atoms with Crippen molar-refractivity contribution in [2.75, 3.05) is 6.61 Å². The average molecular weight is 269 g/mol. The van der Waals surface area contributed by atoms with Crippen molar-refractivity contribution in [3.8, 4) is 0 Å². The molecule has 0 aliphatic carbocycles. The Labute approximate surface area is 94.8 Å². The van der Waals surface area contributed by atoms with Gasteiger partial charge in [0.05, 0.1) is 24.0 Å². The SMILES string of the molecule is CCOC(=O)c1ccc(Br)c2nc[nH]c12. The van der Waals surface area contributed by atoms with Gasteiger partial charge in [-0.3, -0.25) is 0 Å². The van der Waals surface area contributed by atoms with Gasteiger partial charge in [0.25, 0.3) is 0 Å². The number of carbonyl (C=O) groups is 1. The van der Waals surface area contributed by atoms with Gasteiger partial charge < -0.3 is 9.72 Å². The first-order valence-corrected chi connectivity index (χ1v) is 5.32. The van der Waals surface area contributed by atoms with Crippen molar-refractivity contribution in [1.82, 2.24) is 9.97 Å². The predicted octanol–water partition coefficient (Wildman–Crippen LogP) is 2.50. The van der Waals surface area contributed by atoms with Crippen LogP contribution in [0, 0.1) is 0 Å². The van der Waals surface area contributed by atoms with Gasteiger partial charge in [-0.25, -0.2) is 9.78 Å². The normalized spacial score (nSPS) is 10.5. The molecule has 0 amide bonds. The first-order chi connectivity index (χ1) is 7.24. The van der Waals surface area contributed by atoms with Gasteiger partial charge in [-0.05, 0) is 35.0 Å². The van der Waals surface area contributed by atoms with E-state index in [1.807, 2.05) is 0 Å². The highest BCUT2D eigenvalue weighted by Crippen LogP contribution is 2.24. The fourth-order valence-corrected chi connectivity index (χ4v) is 1.81. The number of hydrogen-bond acceptors (Lipinski definition) is 3. The van der Waals surface area contributed by atoms with Crippen LogP contribution in [-0.4, -0.2) is 22.5 Å². The minimum Gasteiger partial charge on any atom is -0.462 e. The lowest BCUT2D eigenvalue weighted by Crippen LogP contribution is -2.05. The van der Waals surface area contributed by atoms with E-state index in [9.17, 15) is 4.79 Å². The largest absolute Gasteiger partial charge is 0.462 e. The number of fused-ring (bicyclic) bond motifs is 1. The van der Waals surface area contributed by atoms with Crippen molar-refractivity contribution >= 4 is 32.9 Å². The zero-order valence-electron chi connectivity index (χ0n) is 8.08. The number of aromatic nitrogens is 2. The van der Waals surface area contributed by atoms with E-state index >= 15 is 0 Å². The second-order valence-electron chi connectivity index (χ2n) is 2.94. The second-order valence-corrected chi connectivity index (χ2v) is 3.80. The van der Waals surface area contributed by atoms with Crippen LogP contribution in [0.1, 0.15) is 17.3 Å². The Morgan fingerprint density at radius 2 is 2.40 bits per heavy atom. The number of ether oxygens (including phenoxy) is 1. The molecular weight excluding hydrogens is 260 g/mol. The Balaban J connectivity index is 2.57. The Bertz CT molecular complexity index is 507. The molecule has 1 N–H and O–H groups in total. The number of imidazole rings is 1. The van der Waals surface area contributed by atoms with Crippen LogP contribution in [0.2, 0.25) is 0 Å². The van der Waals surface area contributed by atoms with E-state index < -0.39 is 0 Å². The Morgan fingerprint density at radius 3 is 3.13 bits per heavy atom. The lowest BCUT2D eigenvalue weighted by molar-refractivity contribution is 0.0528. The van der Waals surface area contributed by atoms with Crippen LogP contribution in [0.4, 0.5) is 0 Å². The topological polar surface area (TPSA) is 55.0 Å². The first-order valence-electron chi connectivity index (χ1n) is 4.52. The number of benzene rings is 1. The summed E-state index contributed by atoms with van der Waals surface area (Å²) < 4.78 is 5.80. The molecule has 1 heterocycles. The number of nitrogens with one attached hydrogen (secondary N) is 1. The molecule has 0 unspecified atom stereocenters. The maximum absolute atomic E-state index is 11.6. The van der Waals surface area contributed by atoms with Gasteiger partial charge in [0.15, 0.2) is 0 Å². The molecule has 2 rings (SSSR count). The van der Waals surface area contributed by atoms with E-state index in [-0.39, 0.29) is 5.97 Å². The van der Waals surface area contributed by atoms with Crippen LogP contribution in [0.3, 0.4) is 0 Å². The molecule has 0 saturated carbocycles. The highest BCUT2D eigenvalue weighted by atomic mass is 79.9. The van der Waals surface area contributed by atoms with E-state index in [1.165, 1.54) is 0 Å². The van der Waals surface area contributed by atoms with E-state index in [1.54, 1.807) is 25.4 Å². The molecule has 0 aliphatic rings. The number of nitrogens with zero attached hydrogens (tertiary/aromatic N) is 1. The summed E-state index contributed by atoms with van der Waals surface area (Å²) in [5, 5.41) is 0. The van der Waals surface area contributed by atoms with E-state index in [2.05, 4.69) is 25.9 Å². The van der Waals surface area contributed by atoms with Crippen LogP contribution in [0.5, 0.6) is 0 Å². The highest BCUT2D eigenvalue weighted by Gasteiger charge is 2.13. The van der Waals surface area contributed by atoms with Crippen molar-refractivity contribution in [3.05, 3.63) is 28.5 Å². The molecule has 1 aromatic heterocycles. The summed E-state index contributed by atoms with van der Waals surface area (Å²) >= 11 is 3.36. The molecule has 1 aromatic carbocycles. The number of esters is 1. The summed E-state index contributed by atoms with van der Waals surface area (Å²) in [6.07, 6.45) is 1.55. The fourth-order valence-electron chi connectivity index (χ4n) is 1.38. The minimum absolute atomic E-state index is 0.334. The number of carbonyl (C=O) groups excluding carboxylic acids is 1. The third kappa shape index (κ3) is 1.74. The summed E-state index contributed by atoms with van der Waals surface area (Å²) in [6.45, 7) is 2.14. The summed E-state index contributed by atoms with van der Waals surface area (Å²) in [6, 6.07) is 3.50. The summed E-state index contributed by atoms with van der Waals surface area (Å²) in [5.41, 5.74) is 1.94. The Hall–Kier alpha value is -1.36. The number of hydrogen-bond donors (Lipinski definition) is 1. The average Bonchev–Trinajstić information content (AvgIpc) is 2.68. The monoisotopic (exact) mass is 268 g/mol.